The molecule has 0 saturated heterocycles. The maximum absolute atomic E-state index is 5.98. The maximum atomic E-state index is 5.98. The van der Waals surface area contributed by atoms with Crippen LogP contribution in [-0.2, 0) is 6.42 Å². The Morgan fingerprint density at radius 2 is 2.11 bits per heavy atom. The van der Waals surface area contributed by atoms with Crippen LogP contribution in [0.5, 0.6) is 5.75 Å². The molecule has 0 bridgehead atoms. The first-order valence-corrected chi connectivity index (χ1v) is 7.38. The minimum atomic E-state index is 0.727. The second-order valence-electron chi connectivity index (χ2n) is 4.55. The highest BCUT2D eigenvalue weighted by Crippen LogP contribution is 2.23. The third kappa shape index (κ3) is 6.65. The molecule has 0 aliphatic rings. The third-order valence-corrected chi connectivity index (χ3v) is 3.08. The van der Waals surface area contributed by atoms with Gasteiger partial charge in [0.1, 0.15) is 5.75 Å². The molecule has 0 atom stereocenters. The van der Waals surface area contributed by atoms with E-state index in [9.17, 15) is 0 Å². The van der Waals surface area contributed by atoms with Crippen molar-refractivity contribution in [2.24, 2.45) is 0 Å². The Morgan fingerprint density at radius 1 is 1.32 bits per heavy atom. The van der Waals surface area contributed by atoms with Crippen LogP contribution in [0.4, 0.5) is 0 Å². The van der Waals surface area contributed by atoms with Crippen LogP contribution in [-0.4, -0.2) is 19.7 Å². The number of rotatable bonds is 10. The van der Waals surface area contributed by atoms with E-state index in [0.29, 0.717) is 0 Å². The van der Waals surface area contributed by atoms with E-state index in [1.54, 1.807) is 0 Å². The van der Waals surface area contributed by atoms with Crippen molar-refractivity contribution in [2.45, 2.75) is 32.6 Å². The Labute approximate surface area is 121 Å². The molecule has 0 spiro atoms. The molecule has 1 N–H and O–H groups in total. The lowest BCUT2D eigenvalue weighted by molar-refractivity contribution is 0.305. The van der Waals surface area contributed by atoms with E-state index in [0.717, 1.165) is 48.9 Å². The van der Waals surface area contributed by atoms with Gasteiger partial charge in [-0.05, 0) is 56.1 Å². The number of nitrogens with one attached hydrogen (secondary N) is 1. The first-order chi connectivity index (χ1) is 9.27. The number of ether oxygens (including phenoxy) is 1. The quantitative estimate of drug-likeness (QED) is 0.512. The van der Waals surface area contributed by atoms with E-state index in [2.05, 4.69) is 18.8 Å². The second-order valence-corrected chi connectivity index (χ2v) is 4.99. The van der Waals surface area contributed by atoms with Crippen LogP contribution in [0, 0.1) is 0 Å². The molecular formula is C16H24ClNO. The highest BCUT2D eigenvalue weighted by Gasteiger charge is 2.03. The van der Waals surface area contributed by atoms with E-state index in [4.69, 9.17) is 16.3 Å². The van der Waals surface area contributed by atoms with Crippen molar-refractivity contribution in [3.63, 3.8) is 0 Å². The van der Waals surface area contributed by atoms with Crippen molar-refractivity contribution in [1.82, 2.24) is 5.32 Å². The zero-order valence-corrected chi connectivity index (χ0v) is 12.5. The number of unbranched alkanes of at least 4 members (excludes halogenated alkanes) is 1. The normalized spacial score (nSPS) is 10.4. The maximum Gasteiger partial charge on any atom is 0.122 e. The van der Waals surface area contributed by atoms with Gasteiger partial charge in [0, 0.05) is 5.02 Å². The third-order valence-electron chi connectivity index (χ3n) is 2.85. The molecule has 0 saturated carbocycles. The van der Waals surface area contributed by atoms with Gasteiger partial charge in [-0.15, -0.1) is 6.58 Å². The summed E-state index contributed by atoms with van der Waals surface area (Å²) < 4.78 is 5.80. The summed E-state index contributed by atoms with van der Waals surface area (Å²) in [6, 6.07) is 5.74. The molecule has 0 unspecified atom stereocenters. The van der Waals surface area contributed by atoms with Crippen LogP contribution in [0.15, 0.2) is 30.9 Å². The summed E-state index contributed by atoms with van der Waals surface area (Å²) in [6.07, 6.45) is 6.13. The summed E-state index contributed by atoms with van der Waals surface area (Å²) in [4.78, 5) is 0. The molecule has 0 amide bonds. The first kappa shape index (κ1) is 16.1. The monoisotopic (exact) mass is 281 g/mol. The molecular weight excluding hydrogens is 258 g/mol. The van der Waals surface area contributed by atoms with Crippen LogP contribution in [0.1, 0.15) is 31.7 Å². The average molecular weight is 282 g/mol. The Kier molecular flexibility index (Phi) is 8.35. The van der Waals surface area contributed by atoms with E-state index < -0.39 is 0 Å². The Hall–Kier alpha value is -0.990. The van der Waals surface area contributed by atoms with Crippen LogP contribution < -0.4 is 10.1 Å². The van der Waals surface area contributed by atoms with Gasteiger partial charge >= 0.3 is 0 Å². The number of hydrogen-bond donors (Lipinski definition) is 1. The number of benzene rings is 1. The highest BCUT2D eigenvalue weighted by molar-refractivity contribution is 6.30. The Morgan fingerprint density at radius 3 is 2.84 bits per heavy atom. The zero-order chi connectivity index (χ0) is 13.9. The number of hydrogen-bond acceptors (Lipinski definition) is 2. The predicted molar refractivity (Wildman–Crippen MR) is 83.2 cm³/mol. The predicted octanol–water partition coefficient (Wildman–Crippen LogP) is 4.23. The number of allylic oxidation sites excluding steroid dienone is 1. The molecule has 1 rings (SSSR count). The van der Waals surface area contributed by atoms with E-state index in [1.165, 1.54) is 12.8 Å². The summed E-state index contributed by atoms with van der Waals surface area (Å²) in [5.41, 5.74) is 1.10. The minimum absolute atomic E-state index is 0.727. The lowest BCUT2D eigenvalue weighted by Gasteiger charge is -2.11. The Bertz CT molecular complexity index is 379. The molecule has 3 heteroatoms. The molecule has 19 heavy (non-hydrogen) atoms. The average Bonchev–Trinajstić information content (AvgIpc) is 2.40. The van der Waals surface area contributed by atoms with Crippen molar-refractivity contribution in [2.75, 3.05) is 19.7 Å². The fourth-order valence-electron chi connectivity index (χ4n) is 1.81. The van der Waals surface area contributed by atoms with Crippen LogP contribution >= 0.6 is 11.6 Å². The van der Waals surface area contributed by atoms with Gasteiger partial charge in [0.2, 0.25) is 0 Å². The van der Waals surface area contributed by atoms with E-state index >= 15 is 0 Å². The van der Waals surface area contributed by atoms with Gasteiger partial charge in [0.15, 0.2) is 0 Å². The summed E-state index contributed by atoms with van der Waals surface area (Å²) >= 11 is 5.98. The van der Waals surface area contributed by atoms with Crippen molar-refractivity contribution in [1.29, 1.82) is 0 Å². The topological polar surface area (TPSA) is 21.3 Å². The van der Waals surface area contributed by atoms with E-state index in [-0.39, 0.29) is 0 Å². The fraction of sp³-hybridized carbons (Fsp3) is 0.500. The van der Waals surface area contributed by atoms with Gasteiger partial charge in [-0.3, -0.25) is 0 Å². The summed E-state index contributed by atoms with van der Waals surface area (Å²) in [6.45, 7) is 8.79. The fourth-order valence-corrected chi connectivity index (χ4v) is 2.00. The van der Waals surface area contributed by atoms with Crippen LogP contribution in [0.25, 0.3) is 0 Å². The van der Waals surface area contributed by atoms with Gasteiger partial charge in [0.05, 0.1) is 6.61 Å². The lowest BCUT2D eigenvalue weighted by atomic mass is 10.1. The van der Waals surface area contributed by atoms with Crippen molar-refractivity contribution in [3.05, 3.63) is 41.4 Å². The molecule has 106 valence electrons. The minimum Gasteiger partial charge on any atom is -0.493 e. The van der Waals surface area contributed by atoms with Gasteiger partial charge in [-0.1, -0.05) is 31.0 Å². The van der Waals surface area contributed by atoms with Crippen molar-refractivity contribution >= 4 is 11.6 Å². The summed E-state index contributed by atoms with van der Waals surface area (Å²) in [5.74, 6) is 0.915. The van der Waals surface area contributed by atoms with Gasteiger partial charge < -0.3 is 10.1 Å². The summed E-state index contributed by atoms with van der Waals surface area (Å²) in [7, 11) is 0. The van der Waals surface area contributed by atoms with Gasteiger partial charge in [-0.2, -0.15) is 0 Å². The van der Waals surface area contributed by atoms with E-state index in [1.807, 2.05) is 24.3 Å². The molecule has 2 nitrogen and oxygen atoms in total. The summed E-state index contributed by atoms with van der Waals surface area (Å²) in [5, 5.41) is 4.15. The molecule has 0 radical (unpaired) electrons. The molecule has 0 aromatic heterocycles. The lowest BCUT2D eigenvalue weighted by Crippen LogP contribution is -2.18. The molecule has 1 aromatic carbocycles. The molecule has 0 heterocycles. The van der Waals surface area contributed by atoms with Gasteiger partial charge in [0.25, 0.3) is 0 Å². The molecule has 1 aromatic rings. The largest absolute Gasteiger partial charge is 0.493 e. The number of halogens is 1. The van der Waals surface area contributed by atoms with Crippen molar-refractivity contribution in [3.8, 4) is 5.75 Å². The standard InChI is InChI=1S/C16H24ClNO/c1-3-5-10-18-11-6-12-19-16-9-8-15(17)13-14(16)7-4-2/h4,8-9,13,18H,2-3,5-7,10-12H2,1H3. The van der Waals surface area contributed by atoms with Crippen molar-refractivity contribution < 1.29 is 4.74 Å². The first-order valence-electron chi connectivity index (χ1n) is 7.00. The smallest absolute Gasteiger partial charge is 0.122 e. The molecule has 0 fully saturated rings. The highest BCUT2D eigenvalue weighted by atomic mass is 35.5. The zero-order valence-electron chi connectivity index (χ0n) is 11.8. The van der Waals surface area contributed by atoms with Crippen LogP contribution in [0.3, 0.4) is 0 Å². The molecule has 0 aliphatic carbocycles. The van der Waals surface area contributed by atoms with Gasteiger partial charge in [-0.25, -0.2) is 0 Å². The second kappa shape index (κ2) is 9.88. The molecule has 0 aliphatic heterocycles. The SMILES string of the molecule is C=CCc1cc(Cl)ccc1OCCCNCCCC. The Balaban J connectivity index is 2.30. The van der Waals surface area contributed by atoms with Crippen LogP contribution in [0.2, 0.25) is 5.02 Å².